The summed E-state index contributed by atoms with van der Waals surface area (Å²) >= 11 is 0. The van der Waals surface area contributed by atoms with Crippen LogP contribution in [-0.4, -0.2) is 126 Å². The summed E-state index contributed by atoms with van der Waals surface area (Å²) in [5.41, 5.74) is 0. The van der Waals surface area contributed by atoms with Gasteiger partial charge in [0.05, 0.1) is 0 Å². The number of carbonyl (C=O) groups is 3. The van der Waals surface area contributed by atoms with Crippen molar-refractivity contribution in [3.63, 3.8) is 0 Å². The first-order chi connectivity index (χ1) is 21.4. The molecule has 1 atom stereocenters. The first-order valence-corrected chi connectivity index (χ1v) is 17.2. The molecule has 1 aromatic heterocycles. The Kier molecular flexibility index (Phi) is 12.8. The van der Waals surface area contributed by atoms with E-state index in [0.717, 1.165) is 25.7 Å². The van der Waals surface area contributed by atoms with Crippen LogP contribution in [0.2, 0.25) is 0 Å². The largest absolute Gasteiger partial charge is 0.339 e. The lowest BCUT2D eigenvalue weighted by Gasteiger charge is -2.38. The summed E-state index contributed by atoms with van der Waals surface area (Å²) in [7, 11) is 0. The minimum atomic E-state index is 0.211. The van der Waals surface area contributed by atoms with E-state index in [1.165, 1.54) is 12.8 Å². The molecular weight excluding hydrogens is 558 g/mol. The molecule has 12 heteroatoms. The zero-order valence-corrected chi connectivity index (χ0v) is 27.7. The Morgan fingerprint density at radius 1 is 0.500 bits per heavy atom. The second kappa shape index (κ2) is 16.8. The highest BCUT2D eigenvalue weighted by Crippen LogP contribution is 2.24. The van der Waals surface area contributed by atoms with E-state index in [0.29, 0.717) is 122 Å². The zero-order valence-electron chi connectivity index (χ0n) is 27.7. The molecule has 0 radical (unpaired) electrons. The normalized spacial score (nSPS) is 18.5. The van der Waals surface area contributed by atoms with Gasteiger partial charge in [-0.25, -0.2) is 0 Å². The summed E-state index contributed by atoms with van der Waals surface area (Å²) in [5.74, 6) is 3.22. The summed E-state index contributed by atoms with van der Waals surface area (Å²) in [5, 5.41) is 0. The monoisotopic (exact) mass is 613 g/mol. The van der Waals surface area contributed by atoms with E-state index in [2.05, 4.69) is 28.5 Å². The third-order valence-corrected chi connectivity index (χ3v) is 9.31. The molecule has 3 fully saturated rings. The maximum atomic E-state index is 13.0. The fraction of sp³-hybridized carbons (Fsp3) is 0.812. The summed E-state index contributed by atoms with van der Waals surface area (Å²) in [6.45, 7) is 16.5. The number of rotatable bonds is 13. The molecule has 3 amide bonds. The average molecular weight is 614 g/mol. The van der Waals surface area contributed by atoms with E-state index >= 15 is 0 Å². The molecule has 1 aromatic rings. The third kappa shape index (κ3) is 8.94. The lowest BCUT2D eigenvalue weighted by atomic mass is 9.95. The van der Waals surface area contributed by atoms with E-state index in [9.17, 15) is 14.4 Å². The van der Waals surface area contributed by atoms with Crippen LogP contribution >= 0.6 is 0 Å². The van der Waals surface area contributed by atoms with Crippen molar-refractivity contribution in [3.8, 4) is 0 Å². The molecular formula is C32H55N9O3. The Bertz CT molecular complexity index is 1020. The summed E-state index contributed by atoms with van der Waals surface area (Å²) < 4.78 is 0. The lowest BCUT2D eigenvalue weighted by Crippen LogP contribution is -2.51. The number of anilines is 3. The maximum Gasteiger partial charge on any atom is 0.232 e. The smallest absolute Gasteiger partial charge is 0.232 e. The Morgan fingerprint density at radius 3 is 1.14 bits per heavy atom. The number of amides is 3. The Balaban J connectivity index is 1.44. The molecule has 0 N–H and O–H groups in total. The highest BCUT2D eigenvalue weighted by Gasteiger charge is 2.29. The van der Waals surface area contributed by atoms with Gasteiger partial charge >= 0.3 is 0 Å². The van der Waals surface area contributed by atoms with Gasteiger partial charge in [0.15, 0.2) is 0 Å². The summed E-state index contributed by atoms with van der Waals surface area (Å²) in [4.78, 5) is 65.1. The summed E-state index contributed by atoms with van der Waals surface area (Å²) in [6, 6.07) is 0. The molecule has 0 bridgehead atoms. The van der Waals surface area contributed by atoms with Crippen molar-refractivity contribution in [3.05, 3.63) is 0 Å². The number of carbonyl (C=O) groups excluding carboxylic acids is 3. The number of hydrogen-bond acceptors (Lipinski definition) is 9. The lowest BCUT2D eigenvalue weighted by molar-refractivity contribution is -0.132. The van der Waals surface area contributed by atoms with E-state index < -0.39 is 0 Å². The predicted octanol–water partition coefficient (Wildman–Crippen LogP) is 3.02. The van der Waals surface area contributed by atoms with Crippen molar-refractivity contribution < 1.29 is 14.4 Å². The minimum absolute atomic E-state index is 0.211. The second-order valence-corrected chi connectivity index (χ2v) is 12.4. The standard InChI is InChI=1S/C32H55N9O3/c1-5-9-26(8-4)12-13-29(44)38-18-24-41(25-19-38)32-34-30(39-20-14-36(15-21-39)27(42)10-6-2)33-31(35-32)40-22-16-37(17-23-40)28(43)11-7-3/h26H,5-25H2,1-4H3. The predicted molar refractivity (Wildman–Crippen MR) is 174 cm³/mol. The molecule has 3 aliphatic rings. The molecule has 3 aliphatic heterocycles. The van der Waals surface area contributed by atoms with Crippen LogP contribution in [0, 0.1) is 5.92 Å². The van der Waals surface area contributed by atoms with Crippen molar-refractivity contribution >= 4 is 35.6 Å². The SMILES string of the molecule is CCCC(=O)N1CCN(c2nc(N3CCN(C(=O)CCC)CC3)nc(N3CCN(C(=O)CCC(CC)CCC)CC3)n2)CC1. The van der Waals surface area contributed by atoms with Crippen LogP contribution in [0.1, 0.15) is 85.5 Å². The van der Waals surface area contributed by atoms with Crippen LogP contribution in [0.15, 0.2) is 0 Å². The molecule has 0 spiro atoms. The molecule has 4 heterocycles. The Morgan fingerprint density at radius 2 is 0.841 bits per heavy atom. The number of aromatic nitrogens is 3. The number of piperazine rings is 3. The fourth-order valence-electron chi connectivity index (χ4n) is 6.43. The van der Waals surface area contributed by atoms with Gasteiger partial charge in [0.2, 0.25) is 35.6 Å². The van der Waals surface area contributed by atoms with E-state index in [1.54, 1.807) is 0 Å². The van der Waals surface area contributed by atoms with Gasteiger partial charge in [0.25, 0.3) is 0 Å². The van der Waals surface area contributed by atoms with Crippen LogP contribution in [0.4, 0.5) is 17.8 Å². The van der Waals surface area contributed by atoms with E-state index in [-0.39, 0.29) is 17.7 Å². The van der Waals surface area contributed by atoms with Gasteiger partial charge in [0.1, 0.15) is 0 Å². The minimum Gasteiger partial charge on any atom is -0.339 e. The third-order valence-electron chi connectivity index (χ3n) is 9.31. The molecule has 0 aromatic carbocycles. The van der Waals surface area contributed by atoms with Crippen molar-refractivity contribution in [2.45, 2.75) is 85.5 Å². The molecule has 246 valence electrons. The van der Waals surface area contributed by atoms with Gasteiger partial charge in [-0.05, 0) is 25.2 Å². The topological polar surface area (TPSA) is 109 Å². The van der Waals surface area contributed by atoms with Crippen molar-refractivity contribution in [1.29, 1.82) is 0 Å². The van der Waals surface area contributed by atoms with Crippen LogP contribution in [0.25, 0.3) is 0 Å². The van der Waals surface area contributed by atoms with Gasteiger partial charge in [-0.3, -0.25) is 14.4 Å². The van der Waals surface area contributed by atoms with Gasteiger partial charge in [-0.15, -0.1) is 0 Å². The van der Waals surface area contributed by atoms with E-state index in [4.69, 9.17) is 15.0 Å². The molecule has 4 rings (SSSR count). The first-order valence-electron chi connectivity index (χ1n) is 17.2. The first kappa shape index (κ1) is 33.7. The van der Waals surface area contributed by atoms with Crippen LogP contribution in [0.5, 0.6) is 0 Å². The highest BCUT2D eigenvalue weighted by molar-refractivity contribution is 5.77. The fourth-order valence-corrected chi connectivity index (χ4v) is 6.43. The number of hydrogen-bond donors (Lipinski definition) is 0. The van der Waals surface area contributed by atoms with Crippen molar-refractivity contribution in [1.82, 2.24) is 29.7 Å². The Hall–Kier alpha value is -3.18. The van der Waals surface area contributed by atoms with Crippen LogP contribution in [-0.2, 0) is 14.4 Å². The molecule has 12 nitrogen and oxygen atoms in total. The van der Waals surface area contributed by atoms with Crippen molar-refractivity contribution in [2.24, 2.45) is 5.92 Å². The molecule has 0 aliphatic carbocycles. The molecule has 0 saturated carbocycles. The van der Waals surface area contributed by atoms with Gasteiger partial charge in [-0.1, -0.05) is 47.0 Å². The zero-order chi connectivity index (χ0) is 31.5. The quantitative estimate of drug-likeness (QED) is 0.332. The molecule has 3 saturated heterocycles. The summed E-state index contributed by atoms with van der Waals surface area (Å²) in [6.07, 6.45) is 7.96. The van der Waals surface area contributed by atoms with Gasteiger partial charge in [0, 0.05) is 97.8 Å². The second-order valence-electron chi connectivity index (χ2n) is 12.4. The maximum absolute atomic E-state index is 13.0. The highest BCUT2D eigenvalue weighted by atomic mass is 16.2. The van der Waals surface area contributed by atoms with E-state index in [1.807, 2.05) is 28.5 Å². The Labute approximate surface area is 264 Å². The van der Waals surface area contributed by atoms with Crippen molar-refractivity contribution in [2.75, 3.05) is 93.2 Å². The molecule has 44 heavy (non-hydrogen) atoms. The molecule has 1 unspecified atom stereocenters. The van der Waals surface area contributed by atoms with Crippen LogP contribution in [0.3, 0.4) is 0 Å². The van der Waals surface area contributed by atoms with Gasteiger partial charge < -0.3 is 29.4 Å². The van der Waals surface area contributed by atoms with Gasteiger partial charge in [-0.2, -0.15) is 15.0 Å². The van der Waals surface area contributed by atoms with Crippen LogP contribution < -0.4 is 14.7 Å². The average Bonchev–Trinajstić information content (AvgIpc) is 3.06. The number of nitrogens with zero attached hydrogens (tertiary/aromatic N) is 9.